The molecule has 0 bridgehead atoms. The van der Waals surface area contributed by atoms with Crippen LogP contribution in [-0.2, 0) is 0 Å². The second-order valence-corrected chi connectivity index (χ2v) is 3.25. The maximum absolute atomic E-state index is 2.21. The number of hydrogen-bond acceptors (Lipinski definition) is 0. The SMILES string of the molecule is C1=C/C=C\CC/C=C\C=C\CCC=C1. The van der Waals surface area contributed by atoms with Crippen molar-refractivity contribution >= 4 is 0 Å². The molecule has 0 radical (unpaired) electrons. The van der Waals surface area contributed by atoms with E-state index in [-0.39, 0.29) is 0 Å². The molecule has 0 saturated carbocycles. The van der Waals surface area contributed by atoms with E-state index in [9.17, 15) is 0 Å². The fourth-order valence-electron chi connectivity index (χ4n) is 1.21. The van der Waals surface area contributed by atoms with Gasteiger partial charge in [0.15, 0.2) is 0 Å². The molecule has 14 heavy (non-hydrogen) atoms. The maximum Gasteiger partial charge on any atom is -0.0313 e. The fraction of sp³-hybridized carbons (Fsp3) is 0.286. The summed E-state index contributed by atoms with van der Waals surface area (Å²) in [6.45, 7) is 0. The number of allylic oxidation sites excluding steroid dienone is 10. The van der Waals surface area contributed by atoms with Crippen molar-refractivity contribution in [2.75, 3.05) is 0 Å². The molecule has 0 aromatic carbocycles. The molecule has 0 aromatic rings. The van der Waals surface area contributed by atoms with Crippen LogP contribution in [0.5, 0.6) is 0 Å². The molecule has 1 rings (SSSR count). The summed E-state index contributed by atoms with van der Waals surface area (Å²) < 4.78 is 0. The Morgan fingerprint density at radius 3 is 1.00 bits per heavy atom. The van der Waals surface area contributed by atoms with Crippen LogP contribution in [0.25, 0.3) is 0 Å². The van der Waals surface area contributed by atoms with Crippen molar-refractivity contribution in [2.45, 2.75) is 25.7 Å². The Morgan fingerprint density at radius 2 is 0.643 bits per heavy atom. The Morgan fingerprint density at radius 1 is 0.357 bits per heavy atom. The highest BCUT2D eigenvalue weighted by molar-refractivity contribution is 5.12. The summed E-state index contributed by atoms with van der Waals surface area (Å²) in [5, 5.41) is 0. The van der Waals surface area contributed by atoms with Gasteiger partial charge in [-0.25, -0.2) is 0 Å². The number of rotatable bonds is 0. The lowest BCUT2D eigenvalue weighted by Crippen LogP contribution is -1.66. The first-order chi connectivity index (χ1) is 7.00. The summed E-state index contributed by atoms with van der Waals surface area (Å²) >= 11 is 0. The van der Waals surface area contributed by atoms with Crippen molar-refractivity contribution in [3.05, 3.63) is 60.8 Å². The molecule has 74 valence electrons. The molecule has 0 spiro atoms. The van der Waals surface area contributed by atoms with E-state index >= 15 is 0 Å². The average molecular weight is 186 g/mol. The summed E-state index contributed by atoms with van der Waals surface area (Å²) in [7, 11) is 0. The lowest BCUT2D eigenvalue weighted by atomic mass is 10.2. The topological polar surface area (TPSA) is 0 Å². The van der Waals surface area contributed by atoms with Gasteiger partial charge in [0, 0.05) is 0 Å². The molecule has 0 nitrogen and oxygen atoms in total. The monoisotopic (exact) mass is 186 g/mol. The van der Waals surface area contributed by atoms with Crippen LogP contribution in [0.2, 0.25) is 0 Å². The maximum atomic E-state index is 2.21. The molecule has 0 fully saturated rings. The van der Waals surface area contributed by atoms with Crippen molar-refractivity contribution in [1.29, 1.82) is 0 Å². The van der Waals surface area contributed by atoms with Crippen LogP contribution in [0.15, 0.2) is 60.8 Å². The van der Waals surface area contributed by atoms with Crippen LogP contribution in [-0.4, -0.2) is 0 Å². The summed E-state index contributed by atoms with van der Waals surface area (Å²) in [6, 6.07) is 0. The van der Waals surface area contributed by atoms with E-state index in [1.165, 1.54) is 0 Å². The minimum Gasteiger partial charge on any atom is -0.0842 e. The van der Waals surface area contributed by atoms with E-state index in [0.29, 0.717) is 0 Å². The highest BCUT2D eigenvalue weighted by atomic mass is 13.8. The van der Waals surface area contributed by atoms with E-state index in [4.69, 9.17) is 0 Å². The Labute approximate surface area is 87.0 Å². The van der Waals surface area contributed by atoms with Crippen LogP contribution in [0.1, 0.15) is 25.7 Å². The molecule has 1 aliphatic rings. The smallest absolute Gasteiger partial charge is 0.0313 e. The molecule has 0 unspecified atom stereocenters. The van der Waals surface area contributed by atoms with Crippen molar-refractivity contribution in [3.63, 3.8) is 0 Å². The Kier molecular flexibility index (Phi) is 6.39. The second kappa shape index (κ2) is 8.31. The zero-order valence-electron chi connectivity index (χ0n) is 8.60. The zero-order chi connectivity index (χ0) is 9.90. The molecule has 0 saturated heterocycles. The van der Waals surface area contributed by atoms with Gasteiger partial charge in [-0.15, -0.1) is 0 Å². The Bertz CT molecular complexity index is 234. The van der Waals surface area contributed by atoms with Gasteiger partial charge in [-0.1, -0.05) is 60.8 Å². The average Bonchev–Trinajstić information content (AvgIpc) is 2.22. The van der Waals surface area contributed by atoms with Crippen LogP contribution < -0.4 is 0 Å². The third-order valence-corrected chi connectivity index (χ3v) is 1.99. The molecule has 0 atom stereocenters. The summed E-state index contributed by atoms with van der Waals surface area (Å²) in [5.41, 5.74) is 0. The molecule has 0 N–H and O–H groups in total. The molecule has 0 amide bonds. The standard InChI is InChI=1S/C14H18/c1-2-4-6-8-10-12-14-13-11-9-7-5-3-1/h1-6,11-14H,7-10H2/b2-1?,5-3-,6-4?,13-11-,14-12+. The zero-order valence-corrected chi connectivity index (χ0v) is 8.60. The van der Waals surface area contributed by atoms with Gasteiger partial charge < -0.3 is 0 Å². The first kappa shape index (κ1) is 10.8. The minimum absolute atomic E-state index is 1.12. The van der Waals surface area contributed by atoms with Gasteiger partial charge in [0.25, 0.3) is 0 Å². The Hall–Kier alpha value is -1.30. The molecule has 1 aliphatic carbocycles. The van der Waals surface area contributed by atoms with Gasteiger partial charge in [0.2, 0.25) is 0 Å². The van der Waals surface area contributed by atoms with E-state index in [2.05, 4.69) is 60.8 Å². The van der Waals surface area contributed by atoms with Gasteiger partial charge >= 0.3 is 0 Å². The summed E-state index contributed by atoms with van der Waals surface area (Å²) in [5.74, 6) is 0. The quantitative estimate of drug-likeness (QED) is 0.528. The lowest BCUT2D eigenvalue weighted by Gasteiger charge is -1.87. The lowest BCUT2D eigenvalue weighted by molar-refractivity contribution is 1.04. The fourth-order valence-corrected chi connectivity index (χ4v) is 1.21. The van der Waals surface area contributed by atoms with Gasteiger partial charge in [0.1, 0.15) is 0 Å². The largest absolute Gasteiger partial charge is 0.0842 e. The van der Waals surface area contributed by atoms with Gasteiger partial charge in [0.05, 0.1) is 0 Å². The highest BCUT2D eigenvalue weighted by Gasteiger charge is 1.77. The highest BCUT2D eigenvalue weighted by Crippen LogP contribution is 1.97. The molecular weight excluding hydrogens is 168 g/mol. The van der Waals surface area contributed by atoms with Crippen LogP contribution in [0.3, 0.4) is 0 Å². The second-order valence-electron chi connectivity index (χ2n) is 3.25. The van der Waals surface area contributed by atoms with Crippen molar-refractivity contribution < 1.29 is 0 Å². The van der Waals surface area contributed by atoms with E-state index in [1.54, 1.807) is 0 Å². The normalized spacial score (nSPS) is 25.1. The third kappa shape index (κ3) is 6.24. The molecule has 0 aromatic heterocycles. The first-order valence-corrected chi connectivity index (χ1v) is 5.30. The van der Waals surface area contributed by atoms with Crippen LogP contribution in [0, 0.1) is 0 Å². The van der Waals surface area contributed by atoms with Crippen molar-refractivity contribution in [1.82, 2.24) is 0 Å². The predicted octanol–water partition coefficient (Wildman–Crippen LogP) is 4.34. The Balaban J connectivity index is 2.45. The molecular formula is C14H18. The first-order valence-electron chi connectivity index (χ1n) is 5.30. The molecule has 0 aliphatic heterocycles. The summed E-state index contributed by atoms with van der Waals surface area (Å²) in [4.78, 5) is 0. The van der Waals surface area contributed by atoms with E-state index < -0.39 is 0 Å². The predicted molar refractivity (Wildman–Crippen MR) is 64.2 cm³/mol. The number of hydrogen-bond donors (Lipinski definition) is 0. The van der Waals surface area contributed by atoms with Gasteiger partial charge in [-0.2, -0.15) is 0 Å². The molecule has 0 heterocycles. The van der Waals surface area contributed by atoms with E-state index in [0.717, 1.165) is 25.7 Å². The molecule has 0 heteroatoms. The van der Waals surface area contributed by atoms with Gasteiger partial charge in [-0.3, -0.25) is 0 Å². The third-order valence-electron chi connectivity index (χ3n) is 1.99. The minimum atomic E-state index is 1.12. The van der Waals surface area contributed by atoms with Crippen LogP contribution in [0.4, 0.5) is 0 Å². The van der Waals surface area contributed by atoms with Crippen molar-refractivity contribution in [3.8, 4) is 0 Å². The van der Waals surface area contributed by atoms with Crippen molar-refractivity contribution in [2.24, 2.45) is 0 Å². The van der Waals surface area contributed by atoms with E-state index in [1.807, 2.05) is 0 Å². The van der Waals surface area contributed by atoms with Gasteiger partial charge in [-0.05, 0) is 25.7 Å². The van der Waals surface area contributed by atoms with Crippen LogP contribution >= 0.6 is 0 Å². The summed E-state index contributed by atoms with van der Waals surface area (Å²) in [6.07, 6.45) is 26.0.